The molecule has 0 radical (unpaired) electrons. The molecule has 3 rings (SSSR count). The highest BCUT2D eigenvalue weighted by Gasteiger charge is 2.46. The molecule has 1 aromatic rings. The summed E-state index contributed by atoms with van der Waals surface area (Å²) >= 11 is 0. The molecule has 0 amide bonds. The van der Waals surface area contributed by atoms with Crippen molar-refractivity contribution < 1.29 is 9.47 Å². The highest BCUT2D eigenvalue weighted by atomic mass is 16.7. The fraction of sp³-hybridized carbons (Fsp3) is 0.400. The Morgan fingerprint density at radius 3 is 2.44 bits per heavy atom. The predicted octanol–water partition coefficient (Wildman–Crippen LogP) is -2.32. The van der Waals surface area contributed by atoms with Crippen LogP contribution in [0.3, 0.4) is 0 Å². The van der Waals surface area contributed by atoms with Crippen LogP contribution in [0.15, 0.2) is 12.1 Å². The maximum atomic E-state index is 6.38. The lowest BCUT2D eigenvalue weighted by Gasteiger charge is -2.36. The lowest BCUT2D eigenvalue weighted by atomic mass is 9.40. The normalized spacial score (nSPS) is 29.1. The molecule has 1 aliphatic heterocycles. The van der Waals surface area contributed by atoms with Crippen LogP contribution in [0.4, 0.5) is 0 Å². The van der Waals surface area contributed by atoms with Gasteiger partial charge in [-0.15, -0.1) is 0 Å². The van der Waals surface area contributed by atoms with Crippen molar-refractivity contribution in [3.8, 4) is 11.5 Å². The third-order valence-corrected chi connectivity index (χ3v) is 4.26. The topological polar surface area (TPSA) is 44.5 Å². The van der Waals surface area contributed by atoms with Gasteiger partial charge in [-0.05, 0) is 35.1 Å². The molecule has 0 spiro atoms. The van der Waals surface area contributed by atoms with Gasteiger partial charge in [-0.1, -0.05) is 5.21 Å². The zero-order valence-electron chi connectivity index (χ0n) is 9.96. The third-order valence-electron chi connectivity index (χ3n) is 4.26. The van der Waals surface area contributed by atoms with Crippen LogP contribution in [-0.4, -0.2) is 35.8 Å². The summed E-state index contributed by atoms with van der Waals surface area (Å²) in [5.41, 5.74) is 8.76. The molecule has 0 saturated heterocycles. The summed E-state index contributed by atoms with van der Waals surface area (Å²) in [6.07, 6.45) is 0.895. The van der Waals surface area contributed by atoms with E-state index >= 15 is 0 Å². The number of nitrogens with two attached hydrogens (primary N) is 1. The molecule has 0 saturated carbocycles. The summed E-state index contributed by atoms with van der Waals surface area (Å²) in [6, 6.07) is 4.17. The first-order valence-electron chi connectivity index (χ1n) is 5.64. The largest absolute Gasteiger partial charge is 0.454 e. The second-order valence-corrected chi connectivity index (χ2v) is 5.58. The number of rotatable bonds is 0. The molecular formula is C10H14B3NO2. The van der Waals surface area contributed by atoms with E-state index in [4.69, 9.17) is 15.2 Å². The van der Waals surface area contributed by atoms with Gasteiger partial charge in [0.05, 0.1) is 0 Å². The van der Waals surface area contributed by atoms with Crippen molar-refractivity contribution in [1.29, 1.82) is 0 Å². The number of ether oxygens (including phenoxy) is 2. The number of hydrogen-bond donors (Lipinski definition) is 1. The molecule has 6 heteroatoms. The van der Waals surface area contributed by atoms with Crippen LogP contribution in [0.25, 0.3) is 0 Å². The van der Waals surface area contributed by atoms with Gasteiger partial charge in [0.2, 0.25) is 6.79 Å². The quantitative estimate of drug-likeness (QED) is 0.491. The Morgan fingerprint density at radius 2 is 1.75 bits per heavy atom. The second-order valence-electron chi connectivity index (χ2n) is 5.58. The number of fused-ring (bicyclic) bond motifs is 2. The summed E-state index contributed by atoms with van der Waals surface area (Å²) in [5, 5.41) is -0.0245. The summed E-state index contributed by atoms with van der Waals surface area (Å²) < 4.78 is 10.8. The summed E-state index contributed by atoms with van der Waals surface area (Å²) in [5.74, 6) is 1.71. The van der Waals surface area contributed by atoms with Crippen LogP contribution in [-0.2, 0) is 11.6 Å². The van der Waals surface area contributed by atoms with E-state index in [0.29, 0.717) is 6.79 Å². The Bertz CT molecular complexity index is 473. The minimum atomic E-state index is -0.204. The molecule has 1 aliphatic carbocycles. The van der Waals surface area contributed by atoms with Crippen molar-refractivity contribution in [3.63, 3.8) is 0 Å². The Kier molecular flexibility index (Phi) is 1.78. The van der Waals surface area contributed by atoms with E-state index < -0.39 is 0 Å². The van der Waals surface area contributed by atoms with E-state index in [9.17, 15) is 0 Å². The van der Waals surface area contributed by atoms with Crippen LogP contribution >= 0.6 is 0 Å². The predicted molar refractivity (Wildman–Crippen MR) is 70.5 cm³/mol. The van der Waals surface area contributed by atoms with Gasteiger partial charge in [-0.2, -0.15) is 0 Å². The maximum Gasteiger partial charge on any atom is 0.231 e. The molecule has 0 aromatic heterocycles. The first-order chi connectivity index (χ1) is 7.42. The average Bonchev–Trinajstić information content (AvgIpc) is 2.67. The lowest BCUT2D eigenvalue weighted by Crippen LogP contribution is -2.57. The van der Waals surface area contributed by atoms with Gasteiger partial charge in [-0.3, -0.25) is 0 Å². The van der Waals surface area contributed by atoms with Crippen molar-refractivity contribution >= 4 is 23.5 Å². The van der Waals surface area contributed by atoms with Crippen LogP contribution in [0.5, 0.6) is 11.5 Å². The van der Waals surface area contributed by atoms with Gasteiger partial charge >= 0.3 is 0 Å². The van der Waals surface area contributed by atoms with Crippen molar-refractivity contribution in [2.45, 2.75) is 17.1 Å². The Labute approximate surface area is 97.9 Å². The van der Waals surface area contributed by atoms with Crippen molar-refractivity contribution in [2.24, 2.45) is 5.73 Å². The van der Waals surface area contributed by atoms with Gasteiger partial charge in [0.1, 0.15) is 23.5 Å². The summed E-state index contributed by atoms with van der Waals surface area (Å²) in [4.78, 5) is 0. The highest BCUT2D eigenvalue weighted by Crippen LogP contribution is 2.45. The van der Waals surface area contributed by atoms with E-state index in [2.05, 4.69) is 35.7 Å². The molecule has 1 aromatic carbocycles. The maximum absolute atomic E-state index is 6.38. The van der Waals surface area contributed by atoms with E-state index in [0.717, 1.165) is 17.9 Å². The van der Waals surface area contributed by atoms with Gasteiger partial charge in [-0.25, -0.2) is 0 Å². The average molecular weight is 213 g/mol. The SMILES string of the molecule is BC1(N)Cc2cc3c(cc2C1(B)B)OCO3. The zero-order valence-corrected chi connectivity index (χ0v) is 9.96. The Balaban J connectivity index is 2.19. The molecule has 1 unspecified atom stereocenters. The van der Waals surface area contributed by atoms with Crippen molar-refractivity contribution in [1.82, 2.24) is 0 Å². The minimum Gasteiger partial charge on any atom is -0.454 e. The van der Waals surface area contributed by atoms with Gasteiger partial charge < -0.3 is 15.2 Å². The molecule has 0 fully saturated rings. The number of hydrogen-bond acceptors (Lipinski definition) is 3. The fourth-order valence-electron chi connectivity index (χ4n) is 2.64. The van der Waals surface area contributed by atoms with Gasteiger partial charge in [0.25, 0.3) is 0 Å². The van der Waals surface area contributed by atoms with Crippen LogP contribution in [0.2, 0.25) is 0 Å². The molecular weight excluding hydrogens is 199 g/mol. The second kappa shape index (κ2) is 2.80. The molecule has 2 aliphatic rings. The van der Waals surface area contributed by atoms with E-state index in [-0.39, 0.29) is 10.7 Å². The highest BCUT2D eigenvalue weighted by molar-refractivity contribution is 6.46. The van der Waals surface area contributed by atoms with Crippen molar-refractivity contribution in [2.75, 3.05) is 6.79 Å². The zero-order chi connectivity index (χ0) is 11.6. The van der Waals surface area contributed by atoms with Crippen LogP contribution < -0.4 is 15.2 Å². The molecule has 1 atom stereocenters. The van der Waals surface area contributed by atoms with Crippen molar-refractivity contribution in [3.05, 3.63) is 23.3 Å². The Hall–Kier alpha value is -1.03. The molecule has 2 N–H and O–H groups in total. The first-order valence-corrected chi connectivity index (χ1v) is 5.64. The first kappa shape index (κ1) is 10.1. The standard InChI is InChI=1S/C10H14B3NO2/c11-9(14)3-5-1-7-8(16-4-15-7)2-6(5)10(9,12)13/h1-2H,3-4,11-14H2. The lowest BCUT2D eigenvalue weighted by molar-refractivity contribution is 0.174. The minimum absolute atomic E-state index is 0.0245. The van der Waals surface area contributed by atoms with E-state index in [1.165, 1.54) is 11.1 Å². The van der Waals surface area contributed by atoms with Gasteiger partial charge in [0, 0.05) is 0 Å². The smallest absolute Gasteiger partial charge is 0.231 e. The molecule has 80 valence electrons. The summed E-state index contributed by atoms with van der Waals surface area (Å²) in [6.45, 7) is 0.332. The fourth-order valence-corrected chi connectivity index (χ4v) is 2.64. The molecule has 3 nitrogen and oxygen atoms in total. The molecule has 16 heavy (non-hydrogen) atoms. The van der Waals surface area contributed by atoms with E-state index in [1.807, 2.05) is 0 Å². The van der Waals surface area contributed by atoms with Crippen LogP contribution in [0.1, 0.15) is 11.1 Å². The Morgan fingerprint density at radius 1 is 1.12 bits per heavy atom. The van der Waals surface area contributed by atoms with Crippen LogP contribution in [0, 0.1) is 0 Å². The molecule has 1 heterocycles. The summed E-state index contributed by atoms with van der Waals surface area (Å²) in [7, 11) is 6.50. The van der Waals surface area contributed by atoms with Gasteiger partial charge in [0.15, 0.2) is 11.5 Å². The number of benzene rings is 1. The monoisotopic (exact) mass is 213 g/mol. The third kappa shape index (κ3) is 1.11. The van der Waals surface area contributed by atoms with E-state index in [1.54, 1.807) is 0 Å². The molecule has 0 bridgehead atoms.